The lowest BCUT2D eigenvalue weighted by atomic mass is 10.1. The van der Waals surface area contributed by atoms with Crippen LogP contribution in [-0.4, -0.2) is 32.3 Å². The zero-order valence-electron chi connectivity index (χ0n) is 10.2. The minimum absolute atomic E-state index is 0.0762. The van der Waals surface area contributed by atoms with Crippen molar-refractivity contribution >= 4 is 21.8 Å². The summed E-state index contributed by atoms with van der Waals surface area (Å²) < 4.78 is 11.2. The number of benzene rings is 1. The van der Waals surface area contributed by atoms with Crippen LogP contribution < -0.4 is 10.1 Å². The van der Waals surface area contributed by atoms with Gasteiger partial charge < -0.3 is 14.8 Å². The van der Waals surface area contributed by atoms with Crippen molar-refractivity contribution < 1.29 is 14.3 Å². The molecule has 1 saturated heterocycles. The number of carbonyl (C=O) groups is 1. The maximum Gasteiger partial charge on any atom is 0.252 e. The number of halogens is 1. The fraction of sp³-hybridized carbons (Fsp3) is 0.462. The maximum atomic E-state index is 12.2. The summed E-state index contributed by atoms with van der Waals surface area (Å²) >= 11 is 3.38. The van der Waals surface area contributed by atoms with Gasteiger partial charge in [0, 0.05) is 23.7 Å². The first-order valence-corrected chi connectivity index (χ1v) is 6.72. The van der Waals surface area contributed by atoms with Gasteiger partial charge in [-0.3, -0.25) is 4.79 Å². The second-order valence-corrected chi connectivity index (χ2v) is 5.06. The summed E-state index contributed by atoms with van der Waals surface area (Å²) in [5.41, 5.74) is 0.598. The molecule has 98 valence electrons. The molecule has 0 radical (unpaired) electrons. The molecule has 5 heteroatoms. The fourth-order valence-corrected chi connectivity index (χ4v) is 2.34. The normalized spacial score (nSPS) is 16.3. The predicted octanol–water partition coefficient (Wildman–Crippen LogP) is 2.37. The second-order valence-electron chi connectivity index (χ2n) is 4.21. The van der Waals surface area contributed by atoms with Crippen LogP contribution in [0.2, 0.25) is 0 Å². The Labute approximate surface area is 115 Å². The van der Waals surface area contributed by atoms with Gasteiger partial charge in [-0.25, -0.2) is 0 Å². The summed E-state index contributed by atoms with van der Waals surface area (Å²) in [5.74, 6) is 0.600. The lowest BCUT2D eigenvalue weighted by molar-refractivity contribution is 0.0696. The smallest absolute Gasteiger partial charge is 0.252 e. The Balaban J connectivity index is 2.07. The molecule has 0 aliphatic carbocycles. The van der Waals surface area contributed by atoms with Crippen molar-refractivity contribution in [2.45, 2.75) is 18.9 Å². The zero-order valence-corrected chi connectivity index (χ0v) is 11.8. The van der Waals surface area contributed by atoms with E-state index in [1.54, 1.807) is 13.2 Å². The van der Waals surface area contributed by atoms with Gasteiger partial charge >= 0.3 is 0 Å². The van der Waals surface area contributed by atoms with Gasteiger partial charge in [-0.05, 0) is 47.0 Å². The highest BCUT2D eigenvalue weighted by Crippen LogP contribution is 2.22. The van der Waals surface area contributed by atoms with Crippen molar-refractivity contribution in [2.24, 2.45) is 0 Å². The lowest BCUT2D eigenvalue weighted by Gasteiger charge is -2.23. The molecule has 0 saturated carbocycles. The molecule has 0 atom stereocenters. The van der Waals surface area contributed by atoms with E-state index in [2.05, 4.69) is 21.2 Å². The summed E-state index contributed by atoms with van der Waals surface area (Å²) in [4.78, 5) is 12.2. The summed E-state index contributed by atoms with van der Waals surface area (Å²) in [7, 11) is 1.59. The van der Waals surface area contributed by atoms with Crippen molar-refractivity contribution in [1.82, 2.24) is 5.32 Å². The van der Waals surface area contributed by atoms with Crippen LogP contribution in [0.25, 0.3) is 0 Å². The van der Waals surface area contributed by atoms with Gasteiger partial charge in [0.1, 0.15) is 5.75 Å². The Morgan fingerprint density at radius 2 is 2.17 bits per heavy atom. The third-order valence-corrected chi connectivity index (χ3v) is 3.67. The van der Waals surface area contributed by atoms with Crippen LogP contribution in [0.15, 0.2) is 22.7 Å². The Kier molecular flexibility index (Phi) is 4.60. The minimum atomic E-state index is -0.0762. The second kappa shape index (κ2) is 6.20. The van der Waals surface area contributed by atoms with Crippen LogP contribution >= 0.6 is 15.9 Å². The molecule has 18 heavy (non-hydrogen) atoms. The van der Waals surface area contributed by atoms with Gasteiger partial charge in [0.25, 0.3) is 5.91 Å². The van der Waals surface area contributed by atoms with Gasteiger partial charge in [-0.2, -0.15) is 0 Å². The molecule has 0 spiro atoms. The number of methoxy groups -OCH3 is 1. The van der Waals surface area contributed by atoms with E-state index in [1.165, 1.54) is 0 Å². The Hall–Kier alpha value is -1.07. The van der Waals surface area contributed by atoms with E-state index in [-0.39, 0.29) is 11.9 Å². The van der Waals surface area contributed by atoms with E-state index in [9.17, 15) is 4.79 Å². The van der Waals surface area contributed by atoms with Crippen molar-refractivity contribution in [1.29, 1.82) is 0 Å². The summed E-state index contributed by atoms with van der Waals surface area (Å²) in [6.07, 6.45) is 1.74. The number of amides is 1. The van der Waals surface area contributed by atoms with Crippen LogP contribution in [0, 0.1) is 0 Å². The molecule has 1 aliphatic rings. The van der Waals surface area contributed by atoms with Crippen LogP contribution in [-0.2, 0) is 4.74 Å². The van der Waals surface area contributed by atoms with Crippen molar-refractivity contribution in [3.05, 3.63) is 28.2 Å². The van der Waals surface area contributed by atoms with Gasteiger partial charge in [0.05, 0.1) is 12.7 Å². The molecule has 4 nitrogen and oxygen atoms in total. The number of ether oxygens (including phenoxy) is 2. The molecule has 0 unspecified atom stereocenters. The predicted molar refractivity (Wildman–Crippen MR) is 72.0 cm³/mol. The first kappa shape index (κ1) is 13.4. The first-order valence-electron chi connectivity index (χ1n) is 5.93. The van der Waals surface area contributed by atoms with Crippen molar-refractivity contribution in [3.8, 4) is 5.75 Å². The minimum Gasteiger partial charge on any atom is -0.497 e. The quantitative estimate of drug-likeness (QED) is 0.932. The highest BCUT2D eigenvalue weighted by Gasteiger charge is 2.18. The molecule has 1 aliphatic heterocycles. The lowest BCUT2D eigenvalue weighted by Crippen LogP contribution is -2.39. The van der Waals surface area contributed by atoms with Crippen LogP contribution in [0.4, 0.5) is 0 Å². The summed E-state index contributed by atoms with van der Waals surface area (Å²) in [6.45, 7) is 1.43. The van der Waals surface area contributed by atoms with E-state index < -0.39 is 0 Å². The largest absolute Gasteiger partial charge is 0.497 e. The van der Waals surface area contributed by atoms with Gasteiger partial charge in [-0.15, -0.1) is 0 Å². The zero-order chi connectivity index (χ0) is 13.0. The highest BCUT2D eigenvalue weighted by atomic mass is 79.9. The Morgan fingerprint density at radius 3 is 2.83 bits per heavy atom. The number of rotatable bonds is 3. The highest BCUT2D eigenvalue weighted by molar-refractivity contribution is 9.10. The molecule has 0 bridgehead atoms. The Bertz CT molecular complexity index is 430. The van der Waals surface area contributed by atoms with E-state index in [1.807, 2.05) is 12.1 Å². The molecular formula is C13H16BrNO3. The monoisotopic (exact) mass is 313 g/mol. The van der Waals surface area contributed by atoms with E-state index >= 15 is 0 Å². The number of hydrogen-bond donors (Lipinski definition) is 1. The standard InChI is InChI=1S/C13H16BrNO3/c1-17-10-2-3-12(14)11(8-10)13(16)15-9-4-6-18-7-5-9/h2-3,8-9H,4-7H2,1H3,(H,15,16). The van der Waals surface area contributed by atoms with Gasteiger partial charge in [0.2, 0.25) is 0 Å². The van der Waals surface area contributed by atoms with Crippen molar-refractivity contribution in [3.63, 3.8) is 0 Å². The Morgan fingerprint density at radius 1 is 1.44 bits per heavy atom. The topological polar surface area (TPSA) is 47.6 Å². The summed E-state index contributed by atoms with van der Waals surface area (Å²) in [6, 6.07) is 5.57. The number of nitrogens with one attached hydrogen (secondary N) is 1. The third kappa shape index (κ3) is 3.23. The molecule has 1 aromatic rings. The molecule has 0 aromatic heterocycles. The van der Waals surface area contributed by atoms with Crippen molar-refractivity contribution in [2.75, 3.05) is 20.3 Å². The van der Waals surface area contributed by atoms with E-state index in [0.29, 0.717) is 24.5 Å². The molecule has 1 fully saturated rings. The first-order chi connectivity index (χ1) is 8.70. The van der Waals surface area contributed by atoms with Crippen LogP contribution in [0.1, 0.15) is 23.2 Å². The fourth-order valence-electron chi connectivity index (χ4n) is 1.91. The molecule has 2 rings (SSSR count). The molecule has 1 heterocycles. The van der Waals surface area contributed by atoms with Crippen LogP contribution in [0.3, 0.4) is 0 Å². The summed E-state index contributed by atoms with van der Waals surface area (Å²) in [5, 5.41) is 3.02. The average Bonchev–Trinajstić information content (AvgIpc) is 2.40. The van der Waals surface area contributed by atoms with E-state index in [0.717, 1.165) is 17.3 Å². The van der Waals surface area contributed by atoms with Gasteiger partial charge in [0.15, 0.2) is 0 Å². The maximum absolute atomic E-state index is 12.2. The molecule has 1 N–H and O–H groups in total. The van der Waals surface area contributed by atoms with E-state index in [4.69, 9.17) is 9.47 Å². The van der Waals surface area contributed by atoms with Gasteiger partial charge in [-0.1, -0.05) is 0 Å². The molecule has 1 amide bonds. The van der Waals surface area contributed by atoms with Crippen LogP contribution in [0.5, 0.6) is 5.75 Å². The molecule has 1 aromatic carbocycles. The number of carbonyl (C=O) groups excluding carboxylic acids is 1. The SMILES string of the molecule is COc1ccc(Br)c(C(=O)NC2CCOCC2)c1. The number of hydrogen-bond acceptors (Lipinski definition) is 3. The average molecular weight is 314 g/mol. The third-order valence-electron chi connectivity index (χ3n) is 2.97. The molecular weight excluding hydrogens is 298 g/mol.